The summed E-state index contributed by atoms with van der Waals surface area (Å²) in [6.45, 7) is 0.152. The number of carboxylic acid groups (broad SMARTS) is 1. The highest BCUT2D eigenvalue weighted by Gasteiger charge is 2.31. The lowest BCUT2D eigenvalue weighted by Crippen LogP contribution is -2.44. The minimum atomic E-state index is -1.24. The Morgan fingerprint density at radius 2 is 1.19 bits per heavy atom. The summed E-state index contributed by atoms with van der Waals surface area (Å²) < 4.78 is 5.71. The van der Waals surface area contributed by atoms with Crippen molar-refractivity contribution in [2.45, 2.75) is 24.3 Å². The summed E-state index contributed by atoms with van der Waals surface area (Å²) in [7, 11) is 0. The van der Waals surface area contributed by atoms with E-state index in [-0.39, 0.29) is 24.9 Å². The van der Waals surface area contributed by atoms with E-state index >= 15 is 0 Å². The van der Waals surface area contributed by atoms with Crippen molar-refractivity contribution in [2.24, 2.45) is 0 Å². The van der Waals surface area contributed by atoms with E-state index in [4.69, 9.17) is 4.74 Å². The first-order chi connectivity index (χ1) is 17.6. The van der Waals surface area contributed by atoms with Crippen molar-refractivity contribution in [1.29, 1.82) is 0 Å². The van der Waals surface area contributed by atoms with Crippen LogP contribution >= 0.6 is 0 Å². The topological polar surface area (TPSA) is 78.5 Å². The largest absolute Gasteiger partial charge is 0.550 e. The molecule has 0 fully saturated rings. The molecule has 0 saturated carbocycles. The molecule has 1 aliphatic rings. The van der Waals surface area contributed by atoms with Gasteiger partial charge in [-0.3, -0.25) is 0 Å². The minimum Gasteiger partial charge on any atom is -0.550 e. The van der Waals surface area contributed by atoms with E-state index in [1.165, 1.54) is 0 Å². The van der Waals surface area contributed by atoms with Crippen LogP contribution in [0.15, 0.2) is 109 Å². The maximum absolute atomic E-state index is 13.0. The van der Waals surface area contributed by atoms with Crippen molar-refractivity contribution in [1.82, 2.24) is 5.32 Å². The molecule has 0 heterocycles. The van der Waals surface area contributed by atoms with Crippen molar-refractivity contribution >= 4 is 12.1 Å². The first kappa shape index (κ1) is 23.4. The van der Waals surface area contributed by atoms with E-state index in [1.54, 1.807) is 0 Å². The maximum atomic E-state index is 13.0. The molecule has 0 aromatic heterocycles. The van der Waals surface area contributed by atoms with Crippen molar-refractivity contribution in [3.63, 3.8) is 0 Å². The fourth-order valence-electron chi connectivity index (χ4n) is 5.20. The number of benzene rings is 4. The van der Waals surface area contributed by atoms with Crippen LogP contribution in [-0.4, -0.2) is 24.7 Å². The third kappa shape index (κ3) is 4.86. The third-order valence-electron chi connectivity index (χ3n) is 6.75. The molecule has 1 atom stereocenters. The molecule has 5 rings (SSSR count). The van der Waals surface area contributed by atoms with Gasteiger partial charge in [-0.25, -0.2) is 4.79 Å². The van der Waals surface area contributed by atoms with E-state index in [9.17, 15) is 14.7 Å². The Morgan fingerprint density at radius 3 is 1.69 bits per heavy atom. The molecule has 0 radical (unpaired) electrons. The molecule has 180 valence electrons. The second kappa shape index (κ2) is 10.5. The fourth-order valence-corrected chi connectivity index (χ4v) is 5.20. The lowest BCUT2D eigenvalue weighted by atomic mass is 9.83. The molecule has 5 heteroatoms. The molecule has 36 heavy (non-hydrogen) atoms. The smallest absolute Gasteiger partial charge is 0.407 e. The Bertz CT molecular complexity index is 1270. The molecule has 1 N–H and O–H groups in total. The number of fused-ring (bicyclic) bond motifs is 3. The van der Waals surface area contributed by atoms with Gasteiger partial charge in [-0.2, -0.15) is 0 Å². The van der Waals surface area contributed by atoms with Crippen LogP contribution in [0.1, 0.15) is 40.5 Å². The van der Waals surface area contributed by atoms with E-state index in [0.717, 1.165) is 33.4 Å². The lowest BCUT2D eigenvalue weighted by Gasteiger charge is -2.29. The average molecular weight is 477 g/mol. The summed E-state index contributed by atoms with van der Waals surface area (Å²) >= 11 is 0. The van der Waals surface area contributed by atoms with Crippen LogP contribution < -0.4 is 10.4 Å². The minimum absolute atomic E-state index is 0.0817. The van der Waals surface area contributed by atoms with Crippen LogP contribution in [0.2, 0.25) is 0 Å². The number of hydrogen-bond donors (Lipinski definition) is 1. The number of rotatable bonds is 8. The lowest BCUT2D eigenvalue weighted by molar-refractivity contribution is -0.306. The third-order valence-corrected chi connectivity index (χ3v) is 6.75. The second-order valence-electron chi connectivity index (χ2n) is 8.95. The summed E-state index contributed by atoms with van der Waals surface area (Å²) in [4.78, 5) is 24.7. The fraction of sp³-hybridized carbons (Fsp3) is 0.161. The quantitative estimate of drug-likeness (QED) is 0.394. The Labute approximate surface area is 210 Å². The molecule has 0 spiro atoms. The van der Waals surface area contributed by atoms with Crippen LogP contribution in [0.4, 0.5) is 4.79 Å². The van der Waals surface area contributed by atoms with E-state index < -0.39 is 18.1 Å². The van der Waals surface area contributed by atoms with Gasteiger partial charge in [-0.15, -0.1) is 0 Å². The number of ether oxygens (including phenoxy) is 1. The zero-order valence-electron chi connectivity index (χ0n) is 19.7. The summed E-state index contributed by atoms with van der Waals surface area (Å²) in [5, 5.41) is 14.5. The van der Waals surface area contributed by atoms with Crippen LogP contribution in [-0.2, 0) is 9.53 Å². The molecule has 0 aliphatic heterocycles. The summed E-state index contributed by atoms with van der Waals surface area (Å²) in [5.41, 5.74) is 6.31. The van der Waals surface area contributed by atoms with Crippen molar-refractivity contribution in [3.05, 3.63) is 131 Å². The van der Waals surface area contributed by atoms with E-state index in [1.807, 2.05) is 84.9 Å². The first-order valence-corrected chi connectivity index (χ1v) is 12.0. The predicted molar refractivity (Wildman–Crippen MR) is 136 cm³/mol. The van der Waals surface area contributed by atoms with Gasteiger partial charge in [0.25, 0.3) is 0 Å². The van der Waals surface area contributed by atoms with Gasteiger partial charge in [0.1, 0.15) is 6.61 Å². The number of hydrogen-bond acceptors (Lipinski definition) is 4. The highest BCUT2D eigenvalue weighted by Crippen LogP contribution is 2.44. The van der Waals surface area contributed by atoms with Crippen molar-refractivity contribution in [3.8, 4) is 11.1 Å². The standard InChI is InChI=1S/C31H27NO4/c33-29(34)19-28(30(21-11-3-1-4-12-21)22-13-5-2-6-14-22)32-31(35)36-20-27-25-17-9-7-15-23(25)24-16-8-10-18-26(24)27/h1-18,27-28,30H,19-20H2,(H,32,35)(H,33,34)/p-1/t28-/m0/s1. The first-order valence-electron chi connectivity index (χ1n) is 12.0. The van der Waals surface area contributed by atoms with Gasteiger partial charge in [-0.1, -0.05) is 109 Å². The van der Waals surface area contributed by atoms with Crippen LogP contribution in [0, 0.1) is 0 Å². The molecular formula is C31H26NO4-. The van der Waals surface area contributed by atoms with Crippen LogP contribution in [0.25, 0.3) is 11.1 Å². The number of alkyl carbamates (subject to hydrolysis) is 1. The zero-order valence-corrected chi connectivity index (χ0v) is 19.7. The number of nitrogens with one attached hydrogen (secondary N) is 1. The Kier molecular flexibility index (Phi) is 6.80. The molecule has 1 aliphatic carbocycles. The molecule has 5 nitrogen and oxygen atoms in total. The summed E-state index contributed by atoms with van der Waals surface area (Å²) in [6, 6.07) is 34.6. The number of aliphatic carboxylic acids is 1. The number of carbonyl (C=O) groups excluding carboxylic acids is 2. The normalized spacial score (nSPS) is 13.0. The molecule has 0 unspecified atom stereocenters. The number of amides is 1. The number of carboxylic acids is 1. The molecule has 4 aromatic carbocycles. The van der Waals surface area contributed by atoms with Gasteiger partial charge in [0.2, 0.25) is 0 Å². The second-order valence-corrected chi connectivity index (χ2v) is 8.95. The summed E-state index contributed by atoms with van der Waals surface area (Å²) in [5.74, 6) is -1.71. The number of carbonyl (C=O) groups is 2. The van der Waals surface area contributed by atoms with Gasteiger partial charge in [0, 0.05) is 30.3 Å². The highest BCUT2D eigenvalue weighted by molar-refractivity contribution is 5.79. The van der Waals surface area contributed by atoms with Crippen molar-refractivity contribution in [2.75, 3.05) is 6.61 Å². The zero-order chi connectivity index (χ0) is 24.9. The molecule has 1 amide bonds. The van der Waals surface area contributed by atoms with Gasteiger partial charge in [0.05, 0.1) is 0 Å². The molecule has 4 aromatic rings. The highest BCUT2D eigenvalue weighted by atomic mass is 16.5. The van der Waals surface area contributed by atoms with Gasteiger partial charge in [-0.05, 0) is 33.4 Å². The van der Waals surface area contributed by atoms with Gasteiger partial charge >= 0.3 is 6.09 Å². The molecule has 0 saturated heterocycles. The Morgan fingerprint density at radius 1 is 0.722 bits per heavy atom. The predicted octanol–water partition coefficient (Wildman–Crippen LogP) is 4.87. The SMILES string of the molecule is O=C([O-])C[C@H](NC(=O)OCC1c2ccccc2-c2ccccc21)C(c1ccccc1)c1ccccc1. The monoisotopic (exact) mass is 476 g/mol. The van der Waals surface area contributed by atoms with Gasteiger partial charge in [0.15, 0.2) is 0 Å². The summed E-state index contributed by atoms with van der Waals surface area (Å²) in [6.07, 6.45) is -1.00. The molecule has 0 bridgehead atoms. The van der Waals surface area contributed by atoms with Crippen molar-refractivity contribution < 1.29 is 19.4 Å². The van der Waals surface area contributed by atoms with E-state index in [2.05, 4.69) is 29.6 Å². The van der Waals surface area contributed by atoms with Gasteiger partial charge < -0.3 is 20.0 Å². The Balaban J connectivity index is 1.37. The van der Waals surface area contributed by atoms with E-state index in [0.29, 0.717) is 0 Å². The average Bonchev–Trinajstić information content (AvgIpc) is 3.22. The van der Waals surface area contributed by atoms with Crippen LogP contribution in [0.3, 0.4) is 0 Å². The maximum Gasteiger partial charge on any atom is 0.407 e. The van der Waals surface area contributed by atoms with Crippen LogP contribution in [0.5, 0.6) is 0 Å². The molecular weight excluding hydrogens is 450 g/mol. The Hall–Kier alpha value is -4.38.